The monoisotopic (exact) mass is 596 g/mol. The van der Waals surface area contributed by atoms with Crippen molar-refractivity contribution in [2.45, 2.75) is 48.4 Å². The van der Waals surface area contributed by atoms with Crippen LogP contribution in [0.1, 0.15) is 19.8 Å². The van der Waals surface area contributed by atoms with Gasteiger partial charge in [-0.05, 0) is 42.7 Å². The maximum Gasteiger partial charge on any atom is 0.312 e. The lowest BCUT2D eigenvalue weighted by molar-refractivity contribution is -0.155. The van der Waals surface area contributed by atoms with Crippen molar-refractivity contribution in [3.8, 4) is 0 Å². The van der Waals surface area contributed by atoms with Gasteiger partial charge >= 0.3 is 5.97 Å². The zero-order chi connectivity index (χ0) is 27.9. The molecule has 3 fully saturated rings. The summed E-state index contributed by atoms with van der Waals surface area (Å²) in [5.41, 5.74) is -0.583. The van der Waals surface area contributed by atoms with Crippen LogP contribution in [-0.4, -0.2) is 76.2 Å². The van der Waals surface area contributed by atoms with Crippen LogP contribution in [0.25, 0.3) is 10.8 Å². The van der Waals surface area contributed by atoms with Gasteiger partial charge in [-0.25, -0.2) is 0 Å². The van der Waals surface area contributed by atoms with Crippen LogP contribution in [0.5, 0.6) is 0 Å². The Hall–Kier alpha value is -3.01. The van der Waals surface area contributed by atoms with E-state index < -0.39 is 41.6 Å². The standard InChI is InChI=1S/C30H33BrN2O6/c1-4-6-14-38-29(37)23-24-27(35)33(18(3)17-34)26(30(24)16-22(31)25(23)39-30)28(36)32(13-5-2)21-12-11-19-9-7-8-10-20(19)15-21/h4-5,7-12,15,18,22-26,34H,1-2,6,13-14,16-17H2,3H3/t18-,22?,23-,24+,25-,26?,30?/m1/s1. The fourth-order valence-electron chi connectivity index (χ4n) is 6.46. The molecule has 2 aromatic rings. The Morgan fingerprint density at radius 2 is 2.00 bits per heavy atom. The average molecular weight is 598 g/mol. The smallest absolute Gasteiger partial charge is 0.312 e. The maximum atomic E-state index is 14.5. The van der Waals surface area contributed by atoms with Crippen molar-refractivity contribution in [2.75, 3.05) is 24.7 Å². The first-order chi connectivity index (χ1) is 18.8. The van der Waals surface area contributed by atoms with Crippen molar-refractivity contribution in [3.63, 3.8) is 0 Å². The van der Waals surface area contributed by atoms with Crippen molar-refractivity contribution in [3.05, 3.63) is 67.8 Å². The zero-order valence-corrected chi connectivity index (χ0v) is 23.5. The lowest BCUT2D eigenvalue weighted by Crippen LogP contribution is -2.58. The van der Waals surface area contributed by atoms with E-state index in [9.17, 15) is 19.5 Å². The molecule has 3 heterocycles. The summed E-state index contributed by atoms with van der Waals surface area (Å²) in [5.74, 6) is -2.99. The Kier molecular flexibility index (Phi) is 7.68. The van der Waals surface area contributed by atoms with Gasteiger partial charge < -0.3 is 24.4 Å². The summed E-state index contributed by atoms with van der Waals surface area (Å²) < 4.78 is 12.0. The molecule has 2 amide bonds. The van der Waals surface area contributed by atoms with Crippen LogP contribution < -0.4 is 4.90 Å². The van der Waals surface area contributed by atoms with Gasteiger partial charge in [0.1, 0.15) is 11.6 Å². The highest BCUT2D eigenvalue weighted by atomic mass is 79.9. The van der Waals surface area contributed by atoms with Crippen LogP contribution in [-0.2, 0) is 23.9 Å². The number of nitrogens with zero attached hydrogens (tertiary/aromatic N) is 2. The molecule has 8 nitrogen and oxygen atoms in total. The molecule has 0 radical (unpaired) electrons. The lowest BCUT2D eigenvalue weighted by Gasteiger charge is -2.38. The van der Waals surface area contributed by atoms with Gasteiger partial charge in [-0.1, -0.05) is 58.4 Å². The Bertz CT molecular complexity index is 1320. The first kappa shape index (κ1) is 27.6. The highest BCUT2D eigenvalue weighted by Gasteiger charge is 2.77. The second-order valence-corrected chi connectivity index (χ2v) is 11.6. The molecule has 3 saturated heterocycles. The molecule has 2 bridgehead atoms. The van der Waals surface area contributed by atoms with Gasteiger partial charge in [0.25, 0.3) is 5.91 Å². The Morgan fingerprint density at radius 1 is 1.26 bits per heavy atom. The average Bonchev–Trinajstić information content (AvgIpc) is 3.54. The second kappa shape index (κ2) is 10.9. The third kappa shape index (κ3) is 4.40. The number of hydrogen-bond donors (Lipinski definition) is 1. The Labute approximate surface area is 236 Å². The number of fused-ring (bicyclic) bond motifs is 2. The van der Waals surface area contributed by atoms with E-state index in [4.69, 9.17) is 9.47 Å². The zero-order valence-electron chi connectivity index (χ0n) is 21.9. The summed E-state index contributed by atoms with van der Waals surface area (Å²) in [7, 11) is 0. The number of rotatable bonds is 10. The molecule has 5 rings (SSSR count). The molecular weight excluding hydrogens is 564 g/mol. The van der Waals surface area contributed by atoms with E-state index in [-0.39, 0.29) is 36.4 Å². The third-order valence-corrected chi connectivity index (χ3v) is 9.01. The van der Waals surface area contributed by atoms with E-state index in [2.05, 4.69) is 29.1 Å². The summed E-state index contributed by atoms with van der Waals surface area (Å²) in [6.07, 6.45) is 3.54. The molecule has 0 aromatic heterocycles. The van der Waals surface area contributed by atoms with Gasteiger partial charge in [0.15, 0.2) is 0 Å². The number of carbonyl (C=O) groups is 3. The first-order valence-corrected chi connectivity index (χ1v) is 14.1. The number of aliphatic hydroxyl groups excluding tert-OH is 1. The predicted molar refractivity (Wildman–Crippen MR) is 151 cm³/mol. The summed E-state index contributed by atoms with van der Waals surface area (Å²) >= 11 is 3.66. The van der Waals surface area contributed by atoms with Crippen LogP contribution in [0.4, 0.5) is 5.69 Å². The van der Waals surface area contributed by atoms with Gasteiger partial charge in [-0.3, -0.25) is 14.4 Å². The molecule has 9 heteroatoms. The molecule has 7 atom stereocenters. The predicted octanol–water partition coefficient (Wildman–Crippen LogP) is 3.61. The minimum atomic E-state index is -1.24. The van der Waals surface area contributed by atoms with Crippen molar-refractivity contribution in [2.24, 2.45) is 11.8 Å². The Morgan fingerprint density at radius 3 is 2.69 bits per heavy atom. The molecule has 0 aliphatic carbocycles. The molecule has 1 spiro atoms. The highest BCUT2D eigenvalue weighted by Crippen LogP contribution is 2.60. The lowest BCUT2D eigenvalue weighted by atomic mass is 9.70. The van der Waals surface area contributed by atoms with Crippen molar-refractivity contribution in [1.82, 2.24) is 4.90 Å². The molecule has 1 N–H and O–H groups in total. The molecule has 206 valence electrons. The molecular formula is C30H33BrN2O6. The highest BCUT2D eigenvalue weighted by molar-refractivity contribution is 9.09. The number of amides is 2. The quantitative estimate of drug-likeness (QED) is 0.195. The summed E-state index contributed by atoms with van der Waals surface area (Å²) in [5, 5.41) is 12.1. The number of hydrogen-bond acceptors (Lipinski definition) is 6. The summed E-state index contributed by atoms with van der Waals surface area (Å²) in [6, 6.07) is 11.9. The number of likely N-dealkylation sites (tertiary alicyclic amines) is 1. The maximum absolute atomic E-state index is 14.5. The summed E-state index contributed by atoms with van der Waals surface area (Å²) in [4.78, 5) is 44.6. The van der Waals surface area contributed by atoms with Gasteiger partial charge in [0.05, 0.1) is 37.2 Å². The van der Waals surface area contributed by atoms with Crippen molar-refractivity contribution < 1.29 is 29.0 Å². The number of ether oxygens (including phenoxy) is 2. The molecule has 2 aromatic carbocycles. The van der Waals surface area contributed by atoms with E-state index in [1.807, 2.05) is 42.5 Å². The largest absolute Gasteiger partial charge is 0.465 e. The summed E-state index contributed by atoms with van der Waals surface area (Å²) in [6.45, 7) is 9.22. The van der Waals surface area contributed by atoms with Crippen molar-refractivity contribution >= 4 is 50.2 Å². The topological polar surface area (TPSA) is 96.4 Å². The molecule has 3 aliphatic rings. The fraction of sp³-hybridized carbons (Fsp3) is 0.433. The second-order valence-electron chi connectivity index (χ2n) is 10.5. The molecule has 3 unspecified atom stereocenters. The number of aliphatic hydroxyl groups is 1. The first-order valence-electron chi connectivity index (χ1n) is 13.2. The van der Waals surface area contributed by atoms with Crippen LogP contribution >= 0.6 is 15.9 Å². The van der Waals surface area contributed by atoms with Gasteiger partial charge in [-0.15, -0.1) is 13.2 Å². The van der Waals surface area contributed by atoms with E-state index in [0.29, 0.717) is 18.5 Å². The van der Waals surface area contributed by atoms with E-state index in [0.717, 1.165) is 10.8 Å². The SMILES string of the molecule is C=CCCOC(=O)[C@H]1[C@@H]2OC3(CC2Br)C(C(=O)N(CC=C)c2ccc4ccccc4c2)N([C@H](C)CO)C(=O)[C@H]13. The van der Waals surface area contributed by atoms with Gasteiger partial charge in [-0.2, -0.15) is 0 Å². The molecule has 0 saturated carbocycles. The number of alkyl halides is 1. The van der Waals surface area contributed by atoms with E-state index >= 15 is 0 Å². The van der Waals surface area contributed by atoms with Crippen LogP contribution in [0.15, 0.2) is 67.8 Å². The van der Waals surface area contributed by atoms with E-state index in [1.165, 1.54) is 4.90 Å². The third-order valence-electron chi connectivity index (χ3n) is 8.16. The fourth-order valence-corrected chi connectivity index (χ4v) is 7.40. The number of anilines is 1. The Balaban J connectivity index is 1.57. The van der Waals surface area contributed by atoms with Crippen LogP contribution in [0, 0.1) is 11.8 Å². The number of carbonyl (C=O) groups excluding carboxylic acids is 3. The minimum absolute atomic E-state index is 0.153. The van der Waals surface area contributed by atoms with Gasteiger partial charge in [0, 0.05) is 17.1 Å². The number of benzene rings is 2. The van der Waals surface area contributed by atoms with Crippen molar-refractivity contribution in [1.29, 1.82) is 0 Å². The van der Waals surface area contributed by atoms with Crippen LogP contribution in [0.2, 0.25) is 0 Å². The number of esters is 1. The van der Waals surface area contributed by atoms with E-state index in [1.54, 1.807) is 24.0 Å². The molecule has 39 heavy (non-hydrogen) atoms. The van der Waals surface area contributed by atoms with Crippen LogP contribution in [0.3, 0.4) is 0 Å². The number of halogens is 1. The normalized spacial score (nSPS) is 29.8. The molecule has 3 aliphatic heterocycles. The van der Waals surface area contributed by atoms with Gasteiger partial charge in [0.2, 0.25) is 5.91 Å². The minimum Gasteiger partial charge on any atom is -0.465 e.